The van der Waals surface area contributed by atoms with Gasteiger partial charge in [0.1, 0.15) is 0 Å². The molecule has 0 bridgehead atoms. The average molecular weight is 501 g/mol. The molecule has 1 heterocycles. The summed E-state index contributed by atoms with van der Waals surface area (Å²) in [6.07, 6.45) is 4.61. The van der Waals surface area contributed by atoms with Crippen molar-refractivity contribution in [1.29, 1.82) is 0 Å². The van der Waals surface area contributed by atoms with Crippen molar-refractivity contribution in [2.45, 2.75) is 58.7 Å². The highest BCUT2D eigenvalue weighted by Crippen LogP contribution is 2.35. The third-order valence-corrected chi connectivity index (χ3v) is 6.74. The fourth-order valence-electron chi connectivity index (χ4n) is 4.65. The molecule has 0 radical (unpaired) electrons. The fourth-order valence-corrected chi connectivity index (χ4v) is 4.65. The molecule has 3 aromatic carbocycles. The number of rotatable bonds is 9. The summed E-state index contributed by atoms with van der Waals surface area (Å²) in [6.45, 7) is 4.95. The highest BCUT2D eigenvalue weighted by Gasteiger charge is 2.28. The molecule has 0 atom stereocenters. The minimum Gasteiger partial charge on any atom is -0.348 e. The second-order valence-corrected chi connectivity index (χ2v) is 9.42. The highest BCUT2D eigenvalue weighted by molar-refractivity contribution is 5.71. The van der Waals surface area contributed by atoms with Gasteiger partial charge in [0.15, 0.2) is 29.6 Å². The molecule has 0 aliphatic carbocycles. The Balaban J connectivity index is 1.49. The van der Waals surface area contributed by atoms with E-state index in [4.69, 9.17) is 9.47 Å². The van der Waals surface area contributed by atoms with Crippen LogP contribution in [0.15, 0.2) is 48.5 Å². The third-order valence-electron chi connectivity index (χ3n) is 6.74. The monoisotopic (exact) mass is 500 g/mol. The van der Waals surface area contributed by atoms with E-state index in [1.807, 2.05) is 6.92 Å². The minimum atomic E-state index is -1.01. The molecule has 0 saturated carbocycles. The molecule has 1 fully saturated rings. The third kappa shape index (κ3) is 5.65. The first kappa shape index (κ1) is 26.4. The van der Waals surface area contributed by atoms with Gasteiger partial charge in [-0.05, 0) is 29.5 Å². The first-order chi connectivity index (χ1) is 17.4. The number of aryl methyl sites for hydroxylation is 1. The summed E-state index contributed by atoms with van der Waals surface area (Å²) in [7, 11) is 0. The van der Waals surface area contributed by atoms with Crippen LogP contribution < -0.4 is 0 Å². The summed E-state index contributed by atoms with van der Waals surface area (Å²) < 4.78 is 70.4. The van der Waals surface area contributed by atoms with Crippen LogP contribution in [-0.4, -0.2) is 13.2 Å². The first-order valence-corrected chi connectivity index (χ1v) is 12.7. The van der Waals surface area contributed by atoms with Gasteiger partial charge in [0.2, 0.25) is 0 Å². The van der Waals surface area contributed by atoms with Crippen molar-refractivity contribution in [2.24, 2.45) is 5.92 Å². The van der Waals surface area contributed by atoms with Gasteiger partial charge in [-0.3, -0.25) is 0 Å². The molecular weight excluding hydrogens is 468 g/mol. The van der Waals surface area contributed by atoms with Crippen molar-refractivity contribution < 1.29 is 27.0 Å². The van der Waals surface area contributed by atoms with Gasteiger partial charge in [0.25, 0.3) is 0 Å². The van der Waals surface area contributed by atoms with Crippen molar-refractivity contribution in [2.75, 3.05) is 13.2 Å². The Morgan fingerprint density at radius 3 is 1.83 bits per heavy atom. The Bertz CT molecular complexity index is 1170. The maximum atomic E-state index is 15.0. The normalized spacial score (nSPS) is 17.9. The van der Waals surface area contributed by atoms with Crippen molar-refractivity contribution in [3.8, 4) is 22.3 Å². The van der Waals surface area contributed by atoms with Gasteiger partial charge < -0.3 is 9.47 Å². The molecule has 6 heteroatoms. The van der Waals surface area contributed by atoms with E-state index in [2.05, 4.69) is 6.92 Å². The number of ether oxygens (including phenoxy) is 2. The molecule has 4 rings (SSSR count). The molecular formula is C30H32F4O2. The van der Waals surface area contributed by atoms with Gasteiger partial charge in [0, 0.05) is 22.6 Å². The van der Waals surface area contributed by atoms with Crippen molar-refractivity contribution in [3.05, 3.63) is 82.9 Å². The van der Waals surface area contributed by atoms with Gasteiger partial charge in [-0.2, -0.15) is 0 Å². The van der Waals surface area contributed by atoms with E-state index in [1.165, 1.54) is 12.1 Å². The minimum absolute atomic E-state index is 0.0320. The summed E-state index contributed by atoms with van der Waals surface area (Å²) in [5, 5.41) is 0. The predicted molar refractivity (Wildman–Crippen MR) is 133 cm³/mol. The van der Waals surface area contributed by atoms with Crippen molar-refractivity contribution in [3.63, 3.8) is 0 Å². The van der Waals surface area contributed by atoms with E-state index in [0.717, 1.165) is 25.7 Å². The van der Waals surface area contributed by atoms with Crippen LogP contribution in [-0.2, 0) is 15.9 Å². The largest absolute Gasteiger partial charge is 0.348 e. The lowest BCUT2D eigenvalue weighted by atomic mass is 9.97. The van der Waals surface area contributed by atoms with Crippen LogP contribution in [0.1, 0.15) is 63.4 Å². The molecule has 2 nitrogen and oxygen atoms in total. The van der Waals surface area contributed by atoms with Crippen LogP contribution in [0.3, 0.4) is 0 Å². The number of hydrogen-bond donors (Lipinski definition) is 0. The molecule has 1 saturated heterocycles. The SMILES string of the molecule is CCCCCC1COC(c2ccc(-c3ccc(-c4ccc(CCC)c(F)c4F)cc3)c(F)c2F)OC1. The zero-order chi connectivity index (χ0) is 25.7. The van der Waals surface area contributed by atoms with E-state index in [9.17, 15) is 13.2 Å². The zero-order valence-corrected chi connectivity index (χ0v) is 20.8. The second kappa shape index (κ2) is 12.0. The molecule has 1 aliphatic rings. The second-order valence-electron chi connectivity index (χ2n) is 9.42. The first-order valence-electron chi connectivity index (χ1n) is 12.7. The van der Waals surface area contributed by atoms with E-state index in [1.54, 1.807) is 36.4 Å². The number of hydrogen-bond acceptors (Lipinski definition) is 2. The van der Waals surface area contributed by atoms with Crippen LogP contribution in [0.2, 0.25) is 0 Å². The van der Waals surface area contributed by atoms with E-state index >= 15 is 4.39 Å². The molecule has 3 aromatic rings. The molecule has 0 aromatic heterocycles. The van der Waals surface area contributed by atoms with Gasteiger partial charge in [0.05, 0.1) is 13.2 Å². The summed E-state index contributed by atoms with van der Waals surface area (Å²) in [4.78, 5) is 0. The van der Waals surface area contributed by atoms with Crippen LogP contribution in [0.25, 0.3) is 22.3 Å². The van der Waals surface area contributed by atoms with Crippen LogP contribution in [0.4, 0.5) is 17.6 Å². The van der Waals surface area contributed by atoms with Crippen LogP contribution >= 0.6 is 0 Å². The lowest BCUT2D eigenvalue weighted by Crippen LogP contribution is -2.27. The molecule has 192 valence electrons. The maximum absolute atomic E-state index is 15.0. The summed E-state index contributed by atoms with van der Waals surface area (Å²) in [6, 6.07) is 12.4. The zero-order valence-electron chi connectivity index (χ0n) is 20.8. The Morgan fingerprint density at radius 2 is 1.25 bits per heavy atom. The topological polar surface area (TPSA) is 18.5 Å². The molecule has 0 spiro atoms. The lowest BCUT2D eigenvalue weighted by Gasteiger charge is -2.30. The quantitative estimate of drug-likeness (QED) is 0.216. The molecule has 0 N–H and O–H groups in total. The maximum Gasteiger partial charge on any atom is 0.186 e. The number of halogens is 4. The Hall–Kier alpha value is -2.70. The Morgan fingerprint density at radius 1 is 0.667 bits per heavy atom. The number of unbranched alkanes of at least 4 members (excludes halogenated alkanes) is 2. The molecule has 1 aliphatic heterocycles. The van der Waals surface area contributed by atoms with Gasteiger partial charge in [-0.1, -0.05) is 88.1 Å². The lowest BCUT2D eigenvalue weighted by molar-refractivity contribution is -0.207. The summed E-state index contributed by atoms with van der Waals surface area (Å²) in [5.41, 5.74) is 1.44. The summed E-state index contributed by atoms with van der Waals surface area (Å²) in [5.74, 6) is -3.50. The van der Waals surface area contributed by atoms with E-state index < -0.39 is 29.6 Å². The van der Waals surface area contributed by atoms with Crippen LogP contribution in [0.5, 0.6) is 0 Å². The van der Waals surface area contributed by atoms with Gasteiger partial charge in [-0.25, -0.2) is 17.6 Å². The standard InChI is InChI=1S/C30H32F4O2/c1-3-5-6-8-19-17-35-30(36-18-19)25-16-15-24(28(33)29(25)34)21-11-9-20(10-12-21)23-14-13-22(7-4-2)26(31)27(23)32/h9-16,19,30H,3-8,17-18H2,1-2H3. The van der Waals surface area contributed by atoms with E-state index in [-0.39, 0.29) is 22.6 Å². The molecule has 0 unspecified atom stereocenters. The Kier molecular flexibility index (Phi) is 8.81. The smallest absolute Gasteiger partial charge is 0.186 e. The van der Waals surface area contributed by atoms with E-state index in [0.29, 0.717) is 42.7 Å². The van der Waals surface area contributed by atoms with Gasteiger partial charge >= 0.3 is 0 Å². The molecule has 0 amide bonds. The summed E-state index contributed by atoms with van der Waals surface area (Å²) >= 11 is 0. The van der Waals surface area contributed by atoms with Gasteiger partial charge in [-0.15, -0.1) is 0 Å². The average Bonchev–Trinajstić information content (AvgIpc) is 2.90. The highest BCUT2D eigenvalue weighted by atomic mass is 19.2. The molecule has 36 heavy (non-hydrogen) atoms. The van der Waals surface area contributed by atoms with Crippen molar-refractivity contribution in [1.82, 2.24) is 0 Å². The van der Waals surface area contributed by atoms with Crippen LogP contribution in [0, 0.1) is 29.2 Å². The van der Waals surface area contributed by atoms with Crippen molar-refractivity contribution >= 4 is 0 Å². The fraction of sp³-hybridized carbons (Fsp3) is 0.400. The Labute approximate surface area is 210 Å². The predicted octanol–water partition coefficient (Wildman–Crippen LogP) is 8.77. The number of benzene rings is 3.